The van der Waals surface area contributed by atoms with Gasteiger partial charge in [-0.1, -0.05) is 48.5 Å². The zero-order chi connectivity index (χ0) is 17.6. The first-order valence-corrected chi connectivity index (χ1v) is 8.98. The monoisotopic (exact) mass is 342 g/mol. The highest BCUT2D eigenvalue weighted by Crippen LogP contribution is 2.16. The summed E-state index contributed by atoms with van der Waals surface area (Å²) in [6.45, 7) is 3.46. The number of fused-ring (bicyclic) bond motifs is 2. The summed E-state index contributed by atoms with van der Waals surface area (Å²) in [7, 11) is 0. The van der Waals surface area contributed by atoms with Crippen molar-refractivity contribution < 1.29 is 0 Å². The summed E-state index contributed by atoms with van der Waals surface area (Å²) in [4.78, 5) is 9.00. The van der Waals surface area contributed by atoms with Crippen LogP contribution in [-0.4, -0.2) is 23.1 Å². The highest BCUT2D eigenvalue weighted by Gasteiger charge is 2.02. The first-order chi connectivity index (χ1) is 12.9. The lowest BCUT2D eigenvalue weighted by Gasteiger charge is -2.09. The van der Waals surface area contributed by atoms with Gasteiger partial charge < -0.3 is 10.6 Å². The molecule has 0 saturated carbocycles. The van der Waals surface area contributed by atoms with E-state index in [0.717, 1.165) is 37.2 Å². The van der Waals surface area contributed by atoms with E-state index < -0.39 is 0 Å². The number of rotatable bonds is 7. The standard InChI is InChI=1S/C22H22N4/c1-5-17-9-3-11-25-21(17)19(7-1)15-23-13-14-24-16-20-8-2-6-18-10-4-12-26-22(18)20/h1-12,23-24H,13-16H2. The molecular formula is C22H22N4. The van der Waals surface area contributed by atoms with Gasteiger partial charge in [-0.2, -0.15) is 0 Å². The topological polar surface area (TPSA) is 49.8 Å². The Balaban J connectivity index is 1.28. The van der Waals surface area contributed by atoms with Gasteiger partial charge in [0.15, 0.2) is 0 Å². The number of benzene rings is 2. The minimum absolute atomic E-state index is 0.825. The molecule has 2 aromatic carbocycles. The van der Waals surface area contributed by atoms with Gasteiger partial charge in [0, 0.05) is 49.3 Å². The van der Waals surface area contributed by atoms with E-state index in [4.69, 9.17) is 0 Å². The van der Waals surface area contributed by atoms with E-state index in [1.807, 2.05) is 24.5 Å². The van der Waals surface area contributed by atoms with Crippen molar-refractivity contribution in [3.8, 4) is 0 Å². The van der Waals surface area contributed by atoms with Gasteiger partial charge in [0.2, 0.25) is 0 Å². The van der Waals surface area contributed by atoms with Crippen LogP contribution < -0.4 is 10.6 Å². The molecule has 2 heterocycles. The highest BCUT2D eigenvalue weighted by atomic mass is 14.9. The van der Waals surface area contributed by atoms with E-state index in [1.54, 1.807) is 0 Å². The maximum absolute atomic E-state index is 4.50. The van der Waals surface area contributed by atoms with Crippen LogP contribution in [0.3, 0.4) is 0 Å². The predicted octanol–water partition coefficient (Wildman–Crippen LogP) is 3.66. The van der Waals surface area contributed by atoms with Crippen molar-refractivity contribution in [3.63, 3.8) is 0 Å². The lowest BCUT2D eigenvalue weighted by molar-refractivity contribution is 0.613. The first kappa shape index (κ1) is 16.6. The van der Waals surface area contributed by atoms with Crippen LogP contribution in [0.4, 0.5) is 0 Å². The number of hydrogen-bond acceptors (Lipinski definition) is 4. The molecule has 4 rings (SSSR count). The molecule has 0 amide bonds. The second-order valence-electron chi connectivity index (χ2n) is 6.34. The largest absolute Gasteiger partial charge is 0.311 e. The Morgan fingerprint density at radius 1 is 0.577 bits per heavy atom. The Kier molecular flexibility index (Phi) is 5.14. The van der Waals surface area contributed by atoms with Crippen molar-refractivity contribution in [2.45, 2.75) is 13.1 Å². The van der Waals surface area contributed by atoms with Crippen LogP contribution in [0, 0.1) is 0 Å². The van der Waals surface area contributed by atoms with Crippen LogP contribution in [0.15, 0.2) is 73.1 Å². The van der Waals surface area contributed by atoms with Crippen LogP contribution in [0.5, 0.6) is 0 Å². The van der Waals surface area contributed by atoms with E-state index >= 15 is 0 Å². The van der Waals surface area contributed by atoms with E-state index in [0.29, 0.717) is 0 Å². The van der Waals surface area contributed by atoms with Crippen LogP contribution >= 0.6 is 0 Å². The maximum atomic E-state index is 4.50. The number of para-hydroxylation sites is 2. The van der Waals surface area contributed by atoms with Crippen molar-refractivity contribution in [2.75, 3.05) is 13.1 Å². The molecule has 130 valence electrons. The van der Waals surface area contributed by atoms with Crippen LogP contribution in [0.1, 0.15) is 11.1 Å². The molecule has 0 aliphatic carbocycles. The average molecular weight is 342 g/mol. The Morgan fingerprint density at radius 2 is 1.04 bits per heavy atom. The number of pyridine rings is 2. The molecule has 0 fully saturated rings. The number of hydrogen-bond donors (Lipinski definition) is 2. The Hall–Kier alpha value is -2.82. The molecule has 0 aliphatic heterocycles. The summed E-state index contributed by atoms with van der Waals surface area (Å²) in [5.41, 5.74) is 4.64. The molecule has 0 atom stereocenters. The summed E-state index contributed by atoms with van der Waals surface area (Å²) in [6.07, 6.45) is 3.71. The maximum Gasteiger partial charge on any atom is 0.0746 e. The third-order valence-corrected chi connectivity index (χ3v) is 4.54. The van der Waals surface area contributed by atoms with Crippen LogP contribution in [0.2, 0.25) is 0 Å². The Morgan fingerprint density at radius 3 is 1.54 bits per heavy atom. The minimum atomic E-state index is 0.825. The molecule has 0 saturated heterocycles. The Labute approximate surface area is 153 Å². The quantitative estimate of drug-likeness (QED) is 0.503. The molecule has 0 bridgehead atoms. The van der Waals surface area contributed by atoms with Crippen molar-refractivity contribution in [1.82, 2.24) is 20.6 Å². The third-order valence-electron chi connectivity index (χ3n) is 4.54. The average Bonchev–Trinajstić information content (AvgIpc) is 2.71. The zero-order valence-corrected chi connectivity index (χ0v) is 14.7. The molecule has 0 aliphatic rings. The van der Waals surface area contributed by atoms with Gasteiger partial charge in [-0.15, -0.1) is 0 Å². The molecule has 0 unspecified atom stereocenters. The molecule has 2 N–H and O–H groups in total. The normalized spacial score (nSPS) is 11.2. The summed E-state index contributed by atoms with van der Waals surface area (Å²) < 4.78 is 0. The lowest BCUT2D eigenvalue weighted by Crippen LogP contribution is -2.27. The second-order valence-corrected chi connectivity index (χ2v) is 6.34. The highest BCUT2D eigenvalue weighted by molar-refractivity contribution is 5.82. The first-order valence-electron chi connectivity index (χ1n) is 8.98. The van der Waals surface area contributed by atoms with Gasteiger partial charge in [-0.25, -0.2) is 0 Å². The second kappa shape index (κ2) is 8.04. The minimum Gasteiger partial charge on any atom is -0.311 e. The van der Waals surface area contributed by atoms with E-state index in [-0.39, 0.29) is 0 Å². The fraction of sp³-hybridized carbons (Fsp3) is 0.182. The van der Waals surface area contributed by atoms with Crippen molar-refractivity contribution in [3.05, 3.63) is 84.2 Å². The summed E-state index contributed by atoms with van der Waals surface area (Å²) >= 11 is 0. The summed E-state index contributed by atoms with van der Waals surface area (Å²) in [5.74, 6) is 0. The lowest BCUT2D eigenvalue weighted by atomic mass is 10.1. The molecule has 4 heteroatoms. The molecule has 26 heavy (non-hydrogen) atoms. The number of nitrogens with zero attached hydrogens (tertiary/aromatic N) is 2. The number of aromatic nitrogens is 2. The van der Waals surface area contributed by atoms with Gasteiger partial charge in [-0.3, -0.25) is 9.97 Å². The fourth-order valence-corrected chi connectivity index (χ4v) is 3.24. The van der Waals surface area contributed by atoms with Gasteiger partial charge in [0.25, 0.3) is 0 Å². The molecule has 4 nitrogen and oxygen atoms in total. The van der Waals surface area contributed by atoms with E-state index in [9.17, 15) is 0 Å². The van der Waals surface area contributed by atoms with Crippen LogP contribution in [-0.2, 0) is 13.1 Å². The third kappa shape index (κ3) is 3.72. The SMILES string of the molecule is c1cnc2c(CNCCNCc3cccc4cccnc34)cccc2c1. The van der Waals surface area contributed by atoms with Gasteiger partial charge in [0.05, 0.1) is 11.0 Å². The van der Waals surface area contributed by atoms with E-state index in [2.05, 4.69) is 69.1 Å². The van der Waals surface area contributed by atoms with Crippen molar-refractivity contribution >= 4 is 21.8 Å². The van der Waals surface area contributed by atoms with Gasteiger partial charge in [0.1, 0.15) is 0 Å². The Bertz CT molecular complexity index is 919. The zero-order valence-electron chi connectivity index (χ0n) is 14.7. The molecule has 2 aromatic heterocycles. The van der Waals surface area contributed by atoms with Crippen molar-refractivity contribution in [1.29, 1.82) is 0 Å². The molecule has 4 aromatic rings. The summed E-state index contributed by atoms with van der Waals surface area (Å²) in [5, 5.41) is 9.37. The summed E-state index contributed by atoms with van der Waals surface area (Å²) in [6, 6.07) is 20.8. The van der Waals surface area contributed by atoms with E-state index in [1.165, 1.54) is 21.9 Å². The van der Waals surface area contributed by atoms with Crippen LogP contribution in [0.25, 0.3) is 21.8 Å². The molecular weight excluding hydrogens is 320 g/mol. The fourth-order valence-electron chi connectivity index (χ4n) is 3.24. The predicted molar refractivity (Wildman–Crippen MR) is 107 cm³/mol. The molecule has 0 spiro atoms. The van der Waals surface area contributed by atoms with Crippen molar-refractivity contribution in [2.24, 2.45) is 0 Å². The van der Waals surface area contributed by atoms with Gasteiger partial charge in [-0.05, 0) is 23.3 Å². The molecule has 0 radical (unpaired) electrons. The van der Waals surface area contributed by atoms with Gasteiger partial charge >= 0.3 is 0 Å². The smallest absolute Gasteiger partial charge is 0.0746 e. The number of nitrogens with one attached hydrogen (secondary N) is 2.